The van der Waals surface area contributed by atoms with Crippen LogP contribution >= 0.6 is 11.8 Å². The fourth-order valence-electron chi connectivity index (χ4n) is 0.661. The van der Waals surface area contributed by atoms with E-state index < -0.39 is 0 Å². The molecule has 72 valence electrons. The number of aromatic nitrogens is 3. The maximum atomic E-state index is 10.9. The highest BCUT2D eigenvalue weighted by molar-refractivity contribution is 7.99. The van der Waals surface area contributed by atoms with Crippen LogP contribution in [0, 0.1) is 0 Å². The summed E-state index contributed by atoms with van der Waals surface area (Å²) in [5.74, 6) is 5.34. The molecule has 13 heavy (non-hydrogen) atoms. The minimum Gasteiger partial charge on any atom is -0.465 e. The van der Waals surface area contributed by atoms with Crippen molar-refractivity contribution in [3.05, 3.63) is 6.33 Å². The van der Waals surface area contributed by atoms with Gasteiger partial charge in [0.1, 0.15) is 6.33 Å². The van der Waals surface area contributed by atoms with E-state index in [1.807, 2.05) is 0 Å². The van der Waals surface area contributed by atoms with Gasteiger partial charge in [0, 0.05) is 0 Å². The number of carbonyl (C=O) groups excluding carboxylic acids is 1. The van der Waals surface area contributed by atoms with Gasteiger partial charge in [-0.15, -0.1) is 10.2 Å². The fraction of sp³-hybridized carbons (Fsp3) is 0.500. The van der Waals surface area contributed by atoms with Gasteiger partial charge < -0.3 is 10.6 Å². The molecule has 0 aromatic carbocycles. The number of hydrogen-bond acceptors (Lipinski definition) is 6. The highest BCUT2D eigenvalue weighted by Crippen LogP contribution is 2.11. The van der Waals surface area contributed by atoms with Crippen molar-refractivity contribution >= 4 is 17.7 Å². The molecule has 1 aromatic heterocycles. The Morgan fingerprint density at radius 3 is 3.15 bits per heavy atom. The lowest BCUT2D eigenvalue weighted by Gasteiger charge is -2.00. The Morgan fingerprint density at radius 2 is 2.62 bits per heavy atom. The van der Waals surface area contributed by atoms with Gasteiger partial charge in [-0.1, -0.05) is 11.8 Å². The SMILES string of the molecule is CCOC(=O)CSc1nncn1N. The zero-order valence-electron chi connectivity index (χ0n) is 7.14. The van der Waals surface area contributed by atoms with E-state index in [4.69, 9.17) is 10.6 Å². The molecule has 1 rings (SSSR count). The lowest BCUT2D eigenvalue weighted by atomic mass is 10.8. The van der Waals surface area contributed by atoms with Crippen LogP contribution in [0.4, 0.5) is 0 Å². The Labute approximate surface area is 79.4 Å². The van der Waals surface area contributed by atoms with E-state index in [0.717, 1.165) is 0 Å². The van der Waals surface area contributed by atoms with Gasteiger partial charge in [-0.05, 0) is 6.92 Å². The van der Waals surface area contributed by atoms with Gasteiger partial charge in [0.2, 0.25) is 5.16 Å². The van der Waals surface area contributed by atoms with Gasteiger partial charge >= 0.3 is 5.97 Å². The monoisotopic (exact) mass is 202 g/mol. The predicted molar refractivity (Wildman–Crippen MR) is 47.5 cm³/mol. The van der Waals surface area contributed by atoms with E-state index in [1.54, 1.807) is 6.92 Å². The average Bonchev–Trinajstić information content (AvgIpc) is 2.48. The number of carbonyl (C=O) groups is 1. The zero-order chi connectivity index (χ0) is 9.68. The Kier molecular flexibility index (Phi) is 3.56. The molecule has 2 N–H and O–H groups in total. The minimum atomic E-state index is -0.282. The van der Waals surface area contributed by atoms with Crippen molar-refractivity contribution < 1.29 is 9.53 Å². The molecule has 6 nitrogen and oxygen atoms in total. The lowest BCUT2D eigenvalue weighted by Crippen LogP contribution is -2.11. The van der Waals surface area contributed by atoms with Crippen LogP contribution in [0.5, 0.6) is 0 Å². The van der Waals surface area contributed by atoms with Crippen molar-refractivity contribution in [1.82, 2.24) is 14.9 Å². The third-order valence-corrected chi connectivity index (χ3v) is 2.10. The molecule has 0 aliphatic heterocycles. The van der Waals surface area contributed by atoms with Crippen LogP contribution in [0.25, 0.3) is 0 Å². The normalized spacial score (nSPS) is 9.92. The lowest BCUT2D eigenvalue weighted by molar-refractivity contribution is -0.139. The molecule has 0 saturated heterocycles. The first kappa shape index (κ1) is 9.85. The van der Waals surface area contributed by atoms with Gasteiger partial charge in [0.05, 0.1) is 12.4 Å². The second kappa shape index (κ2) is 4.70. The number of nitrogens with zero attached hydrogens (tertiary/aromatic N) is 3. The number of ether oxygens (including phenoxy) is 1. The fourth-order valence-corrected chi connectivity index (χ4v) is 1.29. The van der Waals surface area contributed by atoms with Crippen LogP contribution in [0.1, 0.15) is 6.92 Å². The first-order valence-electron chi connectivity index (χ1n) is 3.67. The van der Waals surface area contributed by atoms with E-state index in [1.165, 1.54) is 22.8 Å². The van der Waals surface area contributed by atoms with Gasteiger partial charge in [0.25, 0.3) is 0 Å². The van der Waals surface area contributed by atoms with Crippen molar-refractivity contribution in [1.29, 1.82) is 0 Å². The van der Waals surface area contributed by atoms with Gasteiger partial charge in [0.15, 0.2) is 0 Å². The molecule has 0 fully saturated rings. The quantitative estimate of drug-likeness (QED) is 0.408. The Hall–Kier alpha value is -1.24. The van der Waals surface area contributed by atoms with Crippen LogP contribution in [-0.2, 0) is 9.53 Å². The number of esters is 1. The summed E-state index contributed by atoms with van der Waals surface area (Å²) >= 11 is 1.19. The van der Waals surface area contributed by atoms with Crippen molar-refractivity contribution in [2.75, 3.05) is 18.2 Å². The zero-order valence-corrected chi connectivity index (χ0v) is 7.95. The number of nitrogens with two attached hydrogens (primary N) is 1. The van der Waals surface area contributed by atoms with Crippen LogP contribution in [0.2, 0.25) is 0 Å². The summed E-state index contributed by atoms with van der Waals surface area (Å²) in [6.07, 6.45) is 1.37. The van der Waals surface area contributed by atoms with Crippen LogP contribution < -0.4 is 5.84 Å². The molecule has 0 amide bonds. The molecule has 1 heterocycles. The van der Waals surface area contributed by atoms with E-state index in [-0.39, 0.29) is 11.7 Å². The minimum absolute atomic E-state index is 0.198. The molecule has 0 aliphatic carbocycles. The molecule has 0 radical (unpaired) electrons. The highest BCUT2D eigenvalue weighted by atomic mass is 32.2. The van der Waals surface area contributed by atoms with Crippen molar-refractivity contribution in [3.8, 4) is 0 Å². The second-order valence-corrected chi connectivity index (χ2v) is 3.06. The maximum absolute atomic E-state index is 10.9. The third kappa shape index (κ3) is 2.94. The number of hydrogen-bond donors (Lipinski definition) is 1. The Balaban J connectivity index is 2.35. The molecular weight excluding hydrogens is 192 g/mol. The topological polar surface area (TPSA) is 83.0 Å². The van der Waals surface area contributed by atoms with Gasteiger partial charge in [-0.3, -0.25) is 4.79 Å². The van der Waals surface area contributed by atoms with E-state index in [0.29, 0.717) is 11.8 Å². The van der Waals surface area contributed by atoms with E-state index in [2.05, 4.69) is 10.2 Å². The van der Waals surface area contributed by atoms with Crippen LogP contribution in [0.15, 0.2) is 11.5 Å². The maximum Gasteiger partial charge on any atom is 0.316 e. The highest BCUT2D eigenvalue weighted by Gasteiger charge is 2.06. The van der Waals surface area contributed by atoms with E-state index in [9.17, 15) is 4.79 Å². The Morgan fingerprint density at radius 1 is 1.85 bits per heavy atom. The van der Waals surface area contributed by atoms with Gasteiger partial charge in [-0.25, -0.2) is 4.68 Å². The molecule has 0 spiro atoms. The predicted octanol–water partition coefficient (Wildman–Crippen LogP) is -0.353. The molecule has 0 atom stereocenters. The number of nitrogen functional groups attached to an aromatic ring is 1. The standard InChI is InChI=1S/C6H10N4O2S/c1-2-12-5(11)3-13-6-9-8-4-10(6)7/h4H,2-3,7H2,1H3. The summed E-state index contributed by atoms with van der Waals surface area (Å²) in [6, 6.07) is 0. The summed E-state index contributed by atoms with van der Waals surface area (Å²) in [5, 5.41) is 7.75. The molecule has 1 aromatic rings. The average molecular weight is 202 g/mol. The summed E-state index contributed by atoms with van der Waals surface area (Å²) in [6.45, 7) is 2.14. The Bertz CT molecular complexity index is 288. The second-order valence-electron chi connectivity index (χ2n) is 2.11. The van der Waals surface area contributed by atoms with Crippen LogP contribution in [0.3, 0.4) is 0 Å². The summed E-state index contributed by atoms with van der Waals surface area (Å²) in [4.78, 5) is 10.9. The first-order valence-corrected chi connectivity index (χ1v) is 4.66. The van der Waals surface area contributed by atoms with Crippen LogP contribution in [-0.4, -0.2) is 33.2 Å². The molecular formula is C6H10N4O2S. The first-order chi connectivity index (χ1) is 6.24. The number of rotatable bonds is 4. The smallest absolute Gasteiger partial charge is 0.316 e. The summed E-state index contributed by atoms with van der Waals surface area (Å²) < 4.78 is 5.98. The molecule has 7 heteroatoms. The summed E-state index contributed by atoms with van der Waals surface area (Å²) in [5.41, 5.74) is 0. The molecule has 0 bridgehead atoms. The largest absolute Gasteiger partial charge is 0.465 e. The third-order valence-electron chi connectivity index (χ3n) is 1.16. The molecule has 0 aliphatic rings. The number of thioether (sulfide) groups is 1. The van der Waals surface area contributed by atoms with E-state index >= 15 is 0 Å². The van der Waals surface area contributed by atoms with Crippen molar-refractivity contribution in [3.63, 3.8) is 0 Å². The van der Waals surface area contributed by atoms with Crippen molar-refractivity contribution in [2.45, 2.75) is 12.1 Å². The molecule has 0 unspecified atom stereocenters. The van der Waals surface area contributed by atoms with Gasteiger partial charge in [-0.2, -0.15) is 0 Å². The molecule has 0 saturated carbocycles. The van der Waals surface area contributed by atoms with Crippen molar-refractivity contribution in [2.24, 2.45) is 0 Å². The summed E-state index contributed by atoms with van der Waals surface area (Å²) in [7, 11) is 0.